The topological polar surface area (TPSA) is 68.7 Å². The standard InChI is InChI=1S/C24H22F3NO4S/c1-14-9-21(18(15-5-6-15)11-20(14)32-12-23(29)30)31-8-7-22-28-19(13-33-22)16-3-2-4-17(10-16)24(25,26)27/h2-4,9-11,13,15H,5-8,12H2,1H3,(H,29,30). The second-order valence-corrected chi connectivity index (χ2v) is 8.86. The van der Waals surface area contributed by atoms with Gasteiger partial charge in [-0.3, -0.25) is 0 Å². The van der Waals surface area contributed by atoms with E-state index in [1.165, 1.54) is 17.4 Å². The van der Waals surface area contributed by atoms with Gasteiger partial charge in [-0.1, -0.05) is 12.1 Å². The highest BCUT2D eigenvalue weighted by Crippen LogP contribution is 2.46. The summed E-state index contributed by atoms with van der Waals surface area (Å²) in [4.78, 5) is 15.3. The van der Waals surface area contributed by atoms with Crippen LogP contribution in [0.4, 0.5) is 13.2 Å². The van der Waals surface area contributed by atoms with Crippen LogP contribution in [0.3, 0.4) is 0 Å². The zero-order valence-electron chi connectivity index (χ0n) is 17.8. The first kappa shape index (κ1) is 23.1. The van der Waals surface area contributed by atoms with E-state index >= 15 is 0 Å². The molecule has 0 bridgehead atoms. The predicted molar refractivity (Wildman–Crippen MR) is 118 cm³/mol. The number of aryl methyl sites for hydroxylation is 1. The Morgan fingerprint density at radius 1 is 1.18 bits per heavy atom. The maximum atomic E-state index is 13.0. The van der Waals surface area contributed by atoms with Gasteiger partial charge < -0.3 is 14.6 Å². The van der Waals surface area contributed by atoms with E-state index in [1.54, 1.807) is 11.4 Å². The molecule has 0 radical (unpaired) electrons. The van der Waals surface area contributed by atoms with Gasteiger partial charge in [0.2, 0.25) is 0 Å². The van der Waals surface area contributed by atoms with Crippen LogP contribution < -0.4 is 9.47 Å². The van der Waals surface area contributed by atoms with Crippen LogP contribution in [0.15, 0.2) is 41.8 Å². The van der Waals surface area contributed by atoms with Crippen molar-refractivity contribution < 1.29 is 32.5 Å². The summed E-state index contributed by atoms with van der Waals surface area (Å²) >= 11 is 1.38. The van der Waals surface area contributed by atoms with Crippen molar-refractivity contribution in [3.8, 4) is 22.8 Å². The quantitative estimate of drug-likeness (QED) is 0.403. The number of hydrogen-bond acceptors (Lipinski definition) is 5. The van der Waals surface area contributed by atoms with Gasteiger partial charge in [0.15, 0.2) is 6.61 Å². The van der Waals surface area contributed by atoms with E-state index in [-0.39, 0.29) is 0 Å². The molecule has 33 heavy (non-hydrogen) atoms. The zero-order valence-corrected chi connectivity index (χ0v) is 18.6. The number of aromatic nitrogens is 1. The maximum absolute atomic E-state index is 13.0. The van der Waals surface area contributed by atoms with Crippen molar-refractivity contribution in [2.45, 2.75) is 38.3 Å². The Balaban J connectivity index is 1.42. The Kier molecular flexibility index (Phi) is 6.60. The molecule has 0 saturated heterocycles. The molecule has 1 fully saturated rings. The Morgan fingerprint density at radius 3 is 2.67 bits per heavy atom. The third-order valence-corrected chi connectivity index (χ3v) is 6.20. The molecular formula is C24H22F3NO4S. The van der Waals surface area contributed by atoms with Gasteiger partial charge in [-0.25, -0.2) is 9.78 Å². The highest BCUT2D eigenvalue weighted by Gasteiger charge is 2.31. The van der Waals surface area contributed by atoms with Crippen molar-refractivity contribution in [2.24, 2.45) is 0 Å². The monoisotopic (exact) mass is 477 g/mol. The number of carbonyl (C=O) groups is 1. The minimum atomic E-state index is -4.39. The van der Waals surface area contributed by atoms with Crippen LogP contribution in [0.2, 0.25) is 0 Å². The fourth-order valence-corrected chi connectivity index (χ4v) is 4.26. The number of thiazole rings is 1. The molecule has 0 amide bonds. The molecule has 3 aromatic rings. The van der Waals surface area contributed by atoms with Gasteiger partial charge in [-0.05, 0) is 55.5 Å². The minimum Gasteiger partial charge on any atom is -0.493 e. The van der Waals surface area contributed by atoms with Crippen molar-refractivity contribution in [3.05, 3.63) is 63.5 Å². The number of nitrogens with zero attached hydrogens (tertiary/aromatic N) is 1. The number of ether oxygens (including phenoxy) is 2. The second kappa shape index (κ2) is 9.43. The van der Waals surface area contributed by atoms with E-state index in [2.05, 4.69) is 4.98 Å². The Morgan fingerprint density at radius 2 is 1.97 bits per heavy atom. The third kappa shape index (κ3) is 5.84. The van der Waals surface area contributed by atoms with E-state index in [4.69, 9.17) is 14.6 Å². The lowest BCUT2D eigenvalue weighted by molar-refractivity contribution is -0.139. The van der Waals surface area contributed by atoms with Crippen LogP contribution in [-0.2, 0) is 17.4 Å². The van der Waals surface area contributed by atoms with Crippen molar-refractivity contribution in [1.82, 2.24) is 4.98 Å². The SMILES string of the molecule is Cc1cc(OCCc2nc(-c3cccc(C(F)(F)F)c3)cs2)c(C2CC2)cc1OCC(=O)O. The molecule has 2 aromatic carbocycles. The maximum Gasteiger partial charge on any atom is 0.416 e. The molecule has 9 heteroatoms. The van der Waals surface area contributed by atoms with Crippen LogP contribution >= 0.6 is 11.3 Å². The van der Waals surface area contributed by atoms with Gasteiger partial charge in [0, 0.05) is 22.9 Å². The first-order chi connectivity index (χ1) is 15.7. The van der Waals surface area contributed by atoms with Crippen molar-refractivity contribution in [3.63, 3.8) is 0 Å². The van der Waals surface area contributed by atoms with Crippen LogP contribution in [0.5, 0.6) is 11.5 Å². The minimum absolute atomic E-state index is 0.365. The summed E-state index contributed by atoms with van der Waals surface area (Å²) in [6, 6.07) is 8.87. The Labute approximate surface area is 192 Å². The normalized spacial score (nSPS) is 13.7. The number of aliphatic carboxylic acids is 1. The molecule has 1 aliphatic rings. The molecule has 0 unspecified atom stereocenters. The van der Waals surface area contributed by atoms with E-state index in [0.717, 1.165) is 46.9 Å². The lowest BCUT2D eigenvalue weighted by Gasteiger charge is -2.15. The molecule has 1 saturated carbocycles. The number of benzene rings is 2. The first-order valence-corrected chi connectivity index (χ1v) is 11.3. The average molecular weight is 478 g/mol. The van der Waals surface area contributed by atoms with E-state index in [1.807, 2.05) is 19.1 Å². The van der Waals surface area contributed by atoms with Crippen LogP contribution in [0.25, 0.3) is 11.3 Å². The van der Waals surface area contributed by atoms with E-state index in [9.17, 15) is 18.0 Å². The summed E-state index contributed by atoms with van der Waals surface area (Å²) in [7, 11) is 0. The average Bonchev–Trinajstić information content (AvgIpc) is 3.50. The number of alkyl halides is 3. The highest BCUT2D eigenvalue weighted by molar-refractivity contribution is 7.09. The molecule has 1 heterocycles. The summed E-state index contributed by atoms with van der Waals surface area (Å²) in [5.74, 6) is 0.625. The summed E-state index contributed by atoms with van der Waals surface area (Å²) in [6.45, 7) is 1.80. The highest BCUT2D eigenvalue weighted by atomic mass is 32.1. The van der Waals surface area contributed by atoms with Crippen molar-refractivity contribution in [1.29, 1.82) is 0 Å². The van der Waals surface area contributed by atoms with Gasteiger partial charge in [0.05, 0.1) is 22.9 Å². The summed E-state index contributed by atoms with van der Waals surface area (Å²) in [6.07, 6.45) is -1.78. The summed E-state index contributed by atoms with van der Waals surface area (Å²) < 4.78 is 50.3. The number of hydrogen-bond donors (Lipinski definition) is 1. The van der Waals surface area contributed by atoms with Gasteiger partial charge in [0.1, 0.15) is 11.5 Å². The van der Waals surface area contributed by atoms with Crippen LogP contribution in [0, 0.1) is 6.92 Å². The third-order valence-electron chi connectivity index (χ3n) is 5.29. The van der Waals surface area contributed by atoms with Crippen molar-refractivity contribution >= 4 is 17.3 Å². The molecule has 1 aromatic heterocycles. The number of rotatable bonds is 9. The van der Waals surface area contributed by atoms with Gasteiger partial charge in [-0.2, -0.15) is 13.2 Å². The largest absolute Gasteiger partial charge is 0.493 e. The van der Waals surface area contributed by atoms with Gasteiger partial charge in [0.25, 0.3) is 0 Å². The molecule has 5 nitrogen and oxygen atoms in total. The van der Waals surface area contributed by atoms with E-state index < -0.39 is 24.3 Å². The lowest BCUT2D eigenvalue weighted by atomic mass is 10.1. The molecule has 0 aliphatic heterocycles. The van der Waals surface area contributed by atoms with Crippen LogP contribution in [0.1, 0.15) is 40.5 Å². The molecule has 1 aliphatic carbocycles. The molecule has 0 atom stereocenters. The Hall–Kier alpha value is -3.07. The molecule has 4 rings (SSSR count). The number of carboxylic acids is 1. The second-order valence-electron chi connectivity index (χ2n) is 7.92. The summed E-state index contributed by atoms with van der Waals surface area (Å²) in [5.41, 5.74) is 2.03. The van der Waals surface area contributed by atoms with Gasteiger partial charge in [-0.15, -0.1) is 11.3 Å². The Bertz CT molecular complexity index is 1150. The summed E-state index contributed by atoms with van der Waals surface area (Å²) in [5, 5.41) is 11.4. The van der Waals surface area contributed by atoms with Gasteiger partial charge >= 0.3 is 12.1 Å². The fraction of sp³-hybridized carbons (Fsp3) is 0.333. The van der Waals surface area contributed by atoms with Crippen molar-refractivity contribution in [2.75, 3.05) is 13.2 Å². The number of carboxylic acid groups (broad SMARTS) is 1. The molecule has 174 valence electrons. The molecular weight excluding hydrogens is 455 g/mol. The number of halogens is 3. The molecule has 0 spiro atoms. The lowest BCUT2D eigenvalue weighted by Crippen LogP contribution is -2.11. The van der Waals surface area contributed by atoms with Crippen LogP contribution in [-0.4, -0.2) is 29.3 Å². The fourth-order valence-electron chi connectivity index (χ4n) is 3.47. The zero-order chi connectivity index (χ0) is 23.6. The van der Waals surface area contributed by atoms with E-state index in [0.29, 0.717) is 36.0 Å². The smallest absolute Gasteiger partial charge is 0.416 e. The molecule has 1 N–H and O–H groups in total. The predicted octanol–water partition coefficient (Wildman–Crippen LogP) is 6.10. The first-order valence-electron chi connectivity index (χ1n) is 10.4.